The Morgan fingerprint density at radius 1 is 1.14 bits per heavy atom. The summed E-state index contributed by atoms with van der Waals surface area (Å²) < 4.78 is 5.89. The molecule has 36 heavy (non-hydrogen) atoms. The number of halogens is 1. The van der Waals surface area contributed by atoms with Crippen molar-refractivity contribution in [2.45, 2.75) is 77.6 Å². The number of aromatic nitrogens is 1. The minimum atomic E-state index is -0.883. The number of aliphatic carboxylic acids is 1. The third-order valence-electron chi connectivity index (χ3n) is 6.77. The number of carbonyl (C=O) groups is 2. The minimum Gasteiger partial charge on any atom is -0.481 e. The molecule has 1 fully saturated rings. The number of rotatable bonds is 12. The zero-order chi connectivity index (χ0) is 25.8. The van der Waals surface area contributed by atoms with E-state index < -0.39 is 5.97 Å². The molecule has 6 heteroatoms. The normalized spacial score (nSPS) is 14.2. The number of carboxylic acids is 1. The van der Waals surface area contributed by atoms with Crippen LogP contribution in [0.15, 0.2) is 47.0 Å². The molecular formula is C30H34ClNO4. The number of benzene rings is 2. The molecule has 2 aromatic carbocycles. The standard InChI is InChI=1S/C30H34ClNO4/c1-18(2)14-20-5-8-22(9-6-20)30-28(21-10-11-21)29(32-36-30)24(12-13-27(34)35)17-25(33)16-23-7-4-19(3)15-26(23)31/h4-9,15,18,21,24H,10-14,16-17H2,1-3H3,(H,34,35)/t24-/m1/s1. The smallest absolute Gasteiger partial charge is 0.303 e. The molecule has 1 atom stereocenters. The number of aryl methyl sites for hydroxylation is 1. The van der Waals surface area contributed by atoms with Crippen molar-refractivity contribution >= 4 is 23.4 Å². The summed E-state index contributed by atoms with van der Waals surface area (Å²) in [6.45, 7) is 6.36. The summed E-state index contributed by atoms with van der Waals surface area (Å²) >= 11 is 6.36. The average molecular weight is 508 g/mol. The molecule has 1 heterocycles. The van der Waals surface area contributed by atoms with Gasteiger partial charge < -0.3 is 9.63 Å². The summed E-state index contributed by atoms with van der Waals surface area (Å²) in [6, 6.07) is 14.1. The highest BCUT2D eigenvalue weighted by Gasteiger charge is 2.36. The van der Waals surface area contributed by atoms with Crippen LogP contribution in [0, 0.1) is 12.8 Å². The summed E-state index contributed by atoms with van der Waals surface area (Å²) in [5, 5.41) is 14.4. The Morgan fingerprint density at radius 3 is 2.47 bits per heavy atom. The van der Waals surface area contributed by atoms with Gasteiger partial charge >= 0.3 is 5.97 Å². The summed E-state index contributed by atoms with van der Waals surface area (Å²) in [5.74, 6) is 0.485. The van der Waals surface area contributed by atoms with E-state index in [0.29, 0.717) is 23.3 Å². The van der Waals surface area contributed by atoms with Gasteiger partial charge in [0.15, 0.2) is 5.76 Å². The number of carboxylic acid groups (broad SMARTS) is 1. The lowest BCUT2D eigenvalue weighted by molar-refractivity contribution is -0.137. The first kappa shape index (κ1) is 26.2. The van der Waals surface area contributed by atoms with Crippen molar-refractivity contribution in [1.82, 2.24) is 5.16 Å². The third kappa shape index (κ3) is 6.64. The monoisotopic (exact) mass is 507 g/mol. The summed E-state index contributed by atoms with van der Waals surface area (Å²) in [7, 11) is 0. The summed E-state index contributed by atoms with van der Waals surface area (Å²) in [4.78, 5) is 24.5. The van der Waals surface area contributed by atoms with Gasteiger partial charge in [0, 0.05) is 41.3 Å². The highest BCUT2D eigenvalue weighted by Crippen LogP contribution is 2.48. The van der Waals surface area contributed by atoms with Crippen LogP contribution in [-0.4, -0.2) is 22.0 Å². The maximum Gasteiger partial charge on any atom is 0.303 e. The first-order chi connectivity index (χ1) is 17.2. The van der Waals surface area contributed by atoms with Crippen LogP contribution in [0.3, 0.4) is 0 Å². The van der Waals surface area contributed by atoms with E-state index in [0.717, 1.165) is 53.0 Å². The molecule has 0 radical (unpaired) electrons. The van der Waals surface area contributed by atoms with Crippen LogP contribution in [0.2, 0.25) is 5.02 Å². The number of carbonyl (C=O) groups excluding carboxylic acids is 1. The predicted molar refractivity (Wildman–Crippen MR) is 142 cm³/mol. The molecule has 1 N–H and O–H groups in total. The topological polar surface area (TPSA) is 80.4 Å². The van der Waals surface area contributed by atoms with Crippen molar-refractivity contribution in [3.8, 4) is 11.3 Å². The van der Waals surface area contributed by atoms with Crippen LogP contribution in [0.4, 0.5) is 0 Å². The molecular weight excluding hydrogens is 474 g/mol. The van der Waals surface area contributed by atoms with Crippen LogP contribution in [0.1, 0.15) is 85.7 Å². The molecule has 0 saturated heterocycles. The Kier molecular flexibility index (Phi) is 8.30. The Bertz CT molecular complexity index is 1220. The van der Waals surface area contributed by atoms with E-state index in [1.807, 2.05) is 25.1 Å². The molecule has 1 saturated carbocycles. The Morgan fingerprint density at radius 2 is 1.86 bits per heavy atom. The van der Waals surface area contributed by atoms with Gasteiger partial charge in [-0.3, -0.25) is 9.59 Å². The second-order valence-corrected chi connectivity index (χ2v) is 10.9. The number of nitrogens with zero attached hydrogens (tertiary/aromatic N) is 1. The average Bonchev–Trinajstić information content (AvgIpc) is 3.56. The molecule has 0 spiro atoms. The van der Waals surface area contributed by atoms with Crippen LogP contribution >= 0.6 is 11.6 Å². The Hall–Kier alpha value is -2.92. The molecule has 4 rings (SSSR count). The van der Waals surface area contributed by atoms with Gasteiger partial charge in [0.05, 0.1) is 5.69 Å². The Balaban J connectivity index is 1.60. The van der Waals surface area contributed by atoms with Crippen LogP contribution in [0.25, 0.3) is 11.3 Å². The third-order valence-corrected chi connectivity index (χ3v) is 7.12. The van der Waals surface area contributed by atoms with Gasteiger partial charge in [-0.1, -0.05) is 67.0 Å². The fraction of sp³-hybridized carbons (Fsp3) is 0.433. The lowest BCUT2D eigenvalue weighted by Gasteiger charge is -2.15. The van der Waals surface area contributed by atoms with Crippen molar-refractivity contribution in [2.75, 3.05) is 0 Å². The van der Waals surface area contributed by atoms with Crippen molar-refractivity contribution in [2.24, 2.45) is 5.92 Å². The first-order valence-corrected chi connectivity index (χ1v) is 13.2. The van der Waals surface area contributed by atoms with Crippen LogP contribution in [-0.2, 0) is 22.4 Å². The van der Waals surface area contributed by atoms with E-state index in [1.54, 1.807) is 0 Å². The second kappa shape index (κ2) is 11.4. The maximum absolute atomic E-state index is 13.1. The number of hydrogen-bond donors (Lipinski definition) is 1. The number of Topliss-reactive ketones (excluding diaryl/α,β-unsaturated/α-hetero) is 1. The van der Waals surface area contributed by atoms with Crippen molar-refractivity contribution in [3.05, 3.63) is 75.4 Å². The maximum atomic E-state index is 13.1. The SMILES string of the molecule is Cc1ccc(CC(=O)C[C@@H](CCC(=O)O)c2noc(-c3ccc(CC(C)C)cc3)c2C2CC2)c(Cl)c1. The zero-order valence-corrected chi connectivity index (χ0v) is 22.0. The van der Waals surface area contributed by atoms with E-state index >= 15 is 0 Å². The molecule has 3 aromatic rings. The highest BCUT2D eigenvalue weighted by atomic mass is 35.5. The van der Waals surface area contributed by atoms with E-state index in [4.69, 9.17) is 16.1 Å². The molecule has 1 aromatic heterocycles. The molecule has 0 amide bonds. The molecule has 1 aliphatic carbocycles. The molecule has 5 nitrogen and oxygen atoms in total. The molecule has 0 aliphatic heterocycles. The van der Waals surface area contributed by atoms with Gasteiger partial charge in [-0.05, 0) is 67.2 Å². The quantitative estimate of drug-likeness (QED) is 0.274. The van der Waals surface area contributed by atoms with Gasteiger partial charge in [0.2, 0.25) is 0 Å². The van der Waals surface area contributed by atoms with Gasteiger partial charge in [-0.2, -0.15) is 0 Å². The molecule has 0 bridgehead atoms. The Labute approximate surface area is 217 Å². The molecule has 190 valence electrons. The van der Waals surface area contributed by atoms with Gasteiger partial charge in [0.1, 0.15) is 5.78 Å². The van der Waals surface area contributed by atoms with Gasteiger partial charge in [0.25, 0.3) is 0 Å². The van der Waals surface area contributed by atoms with Crippen LogP contribution in [0.5, 0.6) is 0 Å². The fourth-order valence-electron chi connectivity index (χ4n) is 4.83. The van der Waals surface area contributed by atoms with E-state index in [-0.39, 0.29) is 31.0 Å². The highest BCUT2D eigenvalue weighted by molar-refractivity contribution is 6.31. The number of ketones is 1. The summed E-state index contributed by atoms with van der Waals surface area (Å²) in [6.07, 6.45) is 3.83. The second-order valence-electron chi connectivity index (χ2n) is 10.5. The fourth-order valence-corrected chi connectivity index (χ4v) is 5.13. The van der Waals surface area contributed by atoms with Crippen molar-refractivity contribution in [3.63, 3.8) is 0 Å². The van der Waals surface area contributed by atoms with Crippen molar-refractivity contribution in [1.29, 1.82) is 0 Å². The predicted octanol–water partition coefficient (Wildman–Crippen LogP) is 7.53. The number of hydrogen-bond acceptors (Lipinski definition) is 4. The van der Waals surface area contributed by atoms with E-state index in [1.165, 1.54) is 5.56 Å². The lowest BCUT2D eigenvalue weighted by Crippen LogP contribution is -2.13. The van der Waals surface area contributed by atoms with Gasteiger partial charge in [-0.15, -0.1) is 0 Å². The lowest BCUT2D eigenvalue weighted by atomic mass is 9.87. The van der Waals surface area contributed by atoms with E-state index in [2.05, 4.69) is 43.3 Å². The minimum absolute atomic E-state index is 0.0143. The summed E-state index contributed by atoms with van der Waals surface area (Å²) in [5.41, 5.74) is 5.86. The molecule has 0 unspecified atom stereocenters. The first-order valence-electron chi connectivity index (χ1n) is 12.8. The van der Waals surface area contributed by atoms with Gasteiger partial charge in [-0.25, -0.2) is 0 Å². The molecule has 1 aliphatic rings. The van der Waals surface area contributed by atoms with Crippen LogP contribution < -0.4 is 0 Å². The largest absolute Gasteiger partial charge is 0.481 e. The zero-order valence-electron chi connectivity index (χ0n) is 21.2. The van der Waals surface area contributed by atoms with Crippen molar-refractivity contribution < 1.29 is 19.2 Å². The van der Waals surface area contributed by atoms with E-state index in [9.17, 15) is 14.7 Å².